The minimum absolute atomic E-state index is 0.00430. The first-order valence-corrected chi connectivity index (χ1v) is 10.9. The molecule has 8 nitrogen and oxygen atoms in total. The van der Waals surface area contributed by atoms with Crippen molar-refractivity contribution in [3.8, 4) is 0 Å². The zero-order valence-electron chi connectivity index (χ0n) is 15.6. The van der Waals surface area contributed by atoms with Crippen molar-refractivity contribution >= 4 is 39.4 Å². The summed E-state index contributed by atoms with van der Waals surface area (Å²) >= 11 is 6.33. The molecule has 10 heteroatoms. The van der Waals surface area contributed by atoms with E-state index in [4.69, 9.17) is 16.3 Å². The van der Waals surface area contributed by atoms with Crippen LogP contribution in [-0.4, -0.2) is 54.2 Å². The van der Waals surface area contributed by atoms with Gasteiger partial charge in [0.25, 0.3) is 5.91 Å². The fraction of sp³-hybridized carbons (Fsp3) is 0.588. The summed E-state index contributed by atoms with van der Waals surface area (Å²) in [5.74, 6) is -0.926. The number of sulfone groups is 1. The van der Waals surface area contributed by atoms with Crippen molar-refractivity contribution in [3.05, 3.63) is 22.5 Å². The van der Waals surface area contributed by atoms with Crippen molar-refractivity contribution < 1.29 is 22.7 Å². The smallest absolute Gasteiger partial charge is 0.331 e. The minimum Gasteiger partial charge on any atom is -0.452 e. The van der Waals surface area contributed by atoms with E-state index in [1.54, 1.807) is 6.92 Å². The second kappa shape index (κ2) is 8.88. The van der Waals surface area contributed by atoms with E-state index in [9.17, 15) is 18.0 Å². The number of hydrogen-bond donors (Lipinski definition) is 1. The first-order chi connectivity index (χ1) is 12.6. The van der Waals surface area contributed by atoms with E-state index in [0.717, 1.165) is 6.42 Å². The second-order valence-electron chi connectivity index (χ2n) is 6.61. The lowest BCUT2D eigenvalue weighted by molar-refractivity contribution is -0.144. The van der Waals surface area contributed by atoms with Crippen LogP contribution in [-0.2, 0) is 24.2 Å². The molecule has 1 aromatic heterocycles. The van der Waals surface area contributed by atoms with Crippen LogP contribution >= 0.6 is 11.6 Å². The number of ether oxygens (including phenoxy) is 1. The summed E-state index contributed by atoms with van der Waals surface area (Å²) in [5.41, 5.74) is 1.09. The van der Waals surface area contributed by atoms with Crippen molar-refractivity contribution in [3.63, 3.8) is 0 Å². The van der Waals surface area contributed by atoms with Crippen molar-refractivity contribution in [2.45, 2.75) is 45.7 Å². The number of esters is 1. The van der Waals surface area contributed by atoms with Gasteiger partial charge in [-0.3, -0.25) is 4.79 Å². The lowest BCUT2D eigenvalue weighted by Gasteiger charge is -2.10. The zero-order valence-corrected chi connectivity index (χ0v) is 17.1. The second-order valence-corrected chi connectivity index (χ2v) is 9.20. The summed E-state index contributed by atoms with van der Waals surface area (Å²) in [4.78, 5) is 23.4. The lowest BCUT2D eigenvalue weighted by Crippen LogP contribution is -2.35. The number of amides is 1. The van der Waals surface area contributed by atoms with E-state index in [1.165, 1.54) is 16.8 Å². The monoisotopic (exact) mass is 417 g/mol. The summed E-state index contributed by atoms with van der Waals surface area (Å²) in [6.45, 7) is 5.15. The Hall–Kier alpha value is -1.87. The average molecular weight is 418 g/mol. The number of aryl methyl sites for hydroxylation is 1. The SMILES string of the molecule is CC[C@H](C)NC(=O)COC(=O)/C=C/c1c(C)nn([C@@H]2CCS(=O)(=O)C2)c1Cl. The first-order valence-electron chi connectivity index (χ1n) is 8.72. The number of carbonyl (C=O) groups excluding carboxylic acids is 2. The van der Waals surface area contributed by atoms with Crippen LogP contribution in [0.5, 0.6) is 0 Å². The third kappa shape index (κ3) is 5.80. The molecule has 1 amide bonds. The van der Waals surface area contributed by atoms with Gasteiger partial charge in [-0.1, -0.05) is 18.5 Å². The first kappa shape index (κ1) is 21.4. The maximum absolute atomic E-state index is 11.8. The van der Waals surface area contributed by atoms with Crippen molar-refractivity contribution in [2.75, 3.05) is 18.1 Å². The maximum Gasteiger partial charge on any atom is 0.331 e. The Labute approximate surface area is 163 Å². The molecule has 2 heterocycles. The number of hydrogen-bond acceptors (Lipinski definition) is 6. The number of halogens is 1. The highest BCUT2D eigenvalue weighted by atomic mass is 35.5. The molecule has 0 radical (unpaired) electrons. The zero-order chi connectivity index (χ0) is 20.2. The van der Waals surface area contributed by atoms with Gasteiger partial charge in [-0.05, 0) is 32.8 Å². The molecule has 1 aliphatic heterocycles. The van der Waals surface area contributed by atoms with Crippen LogP contribution in [0.3, 0.4) is 0 Å². The summed E-state index contributed by atoms with van der Waals surface area (Å²) in [6.07, 6.45) is 3.87. The van der Waals surface area contributed by atoms with Gasteiger partial charge in [-0.25, -0.2) is 17.9 Å². The van der Waals surface area contributed by atoms with Crippen LogP contribution in [0.1, 0.15) is 44.0 Å². The van der Waals surface area contributed by atoms with Crippen molar-refractivity contribution in [1.29, 1.82) is 0 Å². The Kier molecular flexibility index (Phi) is 7.05. The van der Waals surface area contributed by atoms with E-state index in [-0.39, 0.29) is 41.3 Å². The van der Waals surface area contributed by atoms with Crippen LogP contribution in [0.4, 0.5) is 0 Å². The summed E-state index contributed by atoms with van der Waals surface area (Å²) < 4.78 is 29.7. The third-order valence-corrected chi connectivity index (χ3v) is 6.50. The van der Waals surface area contributed by atoms with Gasteiger partial charge in [0.1, 0.15) is 5.15 Å². The Morgan fingerprint density at radius 1 is 1.48 bits per heavy atom. The predicted octanol–water partition coefficient (Wildman–Crippen LogP) is 1.68. The molecule has 0 unspecified atom stereocenters. The Morgan fingerprint density at radius 3 is 2.78 bits per heavy atom. The molecule has 1 saturated heterocycles. The van der Waals surface area contributed by atoms with Gasteiger partial charge < -0.3 is 10.1 Å². The number of carbonyl (C=O) groups is 2. The van der Waals surface area contributed by atoms with E-state index < -0.39 is 15.8 Å². The van der Waals surface area contributed by atoms with E-state index in [0.29, 0.717) is 17.7 Å². The van der Waals surface area contributed by atoms with Gasteiger partial charge in [-0.15, -0.1) is 0 Å². The molecule has 27 heavy (non-hydrogen) atoms. The number of nitrogens with one attached hydrogen (secondary N) is 1. The Balaban J connectivity index is 1.99. The summed E-state index contributed by atoms with van der Waals surface area (Å²) in [7, 11) is -3.07. The molecular weight excluding hydrogens is 394 g/mol. The summed E-state index contributed by atoms with van der Waals surface area (Å²) in [6, 6.07) is -0.294. The molecule has 1 fully saturated rings. The molecule has 150 valence electrons. The lowest BCUT2D eigenvalue weighted by atomic mass is 10.2. The molecule has 0 aromatic carbocycles. The Morgan fingerprint density at radius 2 is 2.19 bits per heavy atom. The standard InChI is InChI=1S/C17H24ClN3O5S/c1-4-11(2)19-15(22)9-26-16(23)6-5-14-12(3)20-21(17(14)18)13-7-8-27(24,25)10-13/h5-6,11,13H,4,7-10H2,1-3H3,(H,19,22)/b6-5+/t11-,13+/m0/s1. The molecule has 0 spiro atoms. The van der Waals surface area contributed by atoms with Gasteiger partial charge in [-0.2, -0.15) is 5.10 Å². The van der Waals surface area contributed by atoms with Gasteiger partial charge in [0.2, 0.25) is 0 Å². The van der Waals surface area contributed by atoms with Crippen LogP contribution < -0.4 is 5.32 Å². The fourth-order valence-electron chi connectivity index (χ4n) is 2.69. The highest BCUT2D eigenvalue weighted by Gasteiger charge is 2.31. The highest BCUT2D eigenvalue weighted by molar-refractivity contribution is 7.91. The molecule has 1 aliphatic rings. The topological polar surface area (TPSA) is 107 Å². The molecule has 0 aliphatic carbocycles. The normalized spacial score (nSPS) is 19.9. The molecular formula is C17H24ClN3O5S. The number of nitrogens with zero attached hydrogens (tertiary/aromatic N) is 2. The van der Waals surface area contributed by atoms with E-state index in [1.807, 2.05) is 13.8 Å². The molecule has 2 rings (SSSR count). The van der Waals surface area contributed by atoms with Crippen molar-refractivity contribution in [2.24, 2.45) is 0 Å². The Bertz CT molecular complexity index is 847. The quantitative estimate of drug-likeness (QED) is 0.534. The maximum atomic E-state index is 11.8. The van der Waals surface area contributed by atoms with E-state index in [2.05, 4.69) is 10.4 Å². The average Bonchev–Trinajstić information content (AvgIpc) is 3.10. The molecule has 1 N–H and O–H groups in total. The summed E-state index contributed by atoms with van der Waals surface area (Å²) in [5, 5.41) is 7.27. The van der Waals surface area contributed by atoms with Gasteiger partial charge in [0, 0.05) is 17.7 Å². The predicted molar refractivity (Wildman–Crippen MR) is 102 cm³/mol. The van der Waals surface area contributed by atoms with Crippen molar-refractivity contribution in [1.82, 2.24) is 15.1 Å². The van der Waals surface area contributed by atoms with Crippen LogP contribution in [0.25, 0.3) is 6.08 Å². The van der Waals surface area contributed by atoms with Gasteiger partial charge >= 0.3 is 5.97 Å². The third-order valence-electron chi connectivity index (χ3n) is 4.38. The molecule has 2 atom stereocenters. The van der Waals surface area contributed by atoms with Crippen LogP contribution in [0, 0.1) is 6.92 Å². The molecule has 1 aromatic rings. The highest BCUT2D eigenvalue weighted by Crippen LogP contribution is 2.30. The number of aromatic nitrogens is 2. The van der Waals surface area contributed by atoms with Crippen LogP contribution in [0.15, 0.2) is 6.08 Å². The molecule has 0 saturated carbocycles. The molecule has 0 bridgehead atoms. The minimum atomic E-state index is -3.07. The van der Waals surface area contributed by atoms with Gasteiger partial charge in [0.05, 0.1) is 23.2 Å². The number of rotatable bonds is 7. The fourth-order valence-corrected chi connectivity index (χ4v) is 4.75. The van der Waals surface area contributed by atoms with Crippen LogP contribution in [0.2, 0.25) is 5.15 Å². The van der Waals surface area contributed by atoms with E-state index >= 15 is 0 Å². The largest absolute Gasteiger partial charge is 0.452 e. The van der Waals surface area contributed by atoms with Gasteiger partial charge in [0.15, 0.2) is 16.4 Å².